The van der Waals surface area contributed by atoms with Crippen molar-refractivity contribution in [3.63, 3.8) is 0 Å². The van der Waals surface area contributed by atoms with Gasteiger partial charge in [-0.1, -0.05) is 31.4 Å². The molecule has 20 heavy (non-hydrogen) atoms. The van der Waals surface area contributed by atoms with Crippen LogP contribution in [0.15, 0.2) is 18.2 Å². The van der Waals surface area contributed by atoms with E-state index in [9.17, 15) is 4.79 Å². The van der Waals surface area contributed by atoms with Gasteiger partial charge in [0.2, 0.25) is 0 Å². The van der Waals surface area contributed by atoms with Gasteiger partial charge in [0.1, 0.15) is 5.75 Å². The molecule has 0 bridgehead atoms. The van der Waals surface area contributed by atoms with Crippen molar-refractivity contribution >= 4 is 17.4 Å². The minimum Gasteiger partial charge on any atom is -0.495 e. The van der Waals surface area contributed by atoms with Gasteiger partial charge in [-0.3, -0.25) is 9.69 Å². The Bertz CT molecular complexity index is 470. The lowest BCUT2D eigenvalue weighted by molar-refractivity contribution is 0.0899. The van der Waals surface area contributed by atoms with Crippen molar-refractivity contribution in [3.05, 3.63) is 28.8 Å². The first-order valence-electron chi connectivity index (χ1n) is 7.26. The van der Waals surface area contributed by atoms with Crippen LogP contribution in [0.4, 0.5) is 0 Å². The minimum atomic E-state index is 0.128. The summed E-state index contributed by atoms with van der Waals surface area (Å²) in [6.07, 6.45) is 4.99. The molecule has 110 valence electrons. The third-order valence-corrected chi connectivity index (χ3v) is 4.36. The zero-order valence-corrected chi connectivity index (χ0v) is 12.9. The number of hydrogen-bond donors (Lipinski definition) is 0. The largest absolute Gasteiger partial charge is 0.495 e. The molecule has 3 nitrogen and oxygen atoms in total. The average Bonchev–Trinajstić information content (AvgIpc) is 2.98. The molecule has 1 fully saturated rings. The lowest BCUT2D eigenvalue weighted by Crippen LogP contribution is -2.37. The van der Waals surface area contributed by atoms with Crippen LogP contribution in [0.3, 0.4) is 0 Å². The minimum absolute atomic E-state index is 0.128. The van der Waals surface area contributed by atoms with Gasteiger partial charge in [0, 0.05) is 11.6 Å². The number of nitrogens with zero attached hydrogens (tertiary/aromatic N) is 1. The van der Waals surface area contributed by atoms with Crippen LogP contribution in [-0.4, -0.2) is 36.9 Å². The second kappa shape index (κ2) is 7.09. The number of Topliss-reactive ketones (excluding diaryl/α,β-unsaturated/α-hetero) is 1. The Hall–Kier alpha value is -1.06. The zero-order valence-electron chi connectivity index (χ0n) is 12.2. The molecule has 4 heteroatoms. The standard InChI is InChI=1S/C16H22ClNO2/c1-3-18(13-6-4-5-7-13)11-15(19)12-8-9-16(20-2)14(17)10-12/h8-10,13H,3-7,11H2,1-2H3. The van der Waals surface area contributed by atoms with Crippen molar-refractivity contribution in [2.75, 3.05) is 20.2 Å². The number of methoxy groups -OCH3 is 1. The fraction of sp³-hybridized carbons (Fsp3) is 0.562. The highest BCUT2D eigenvalue weighted by Crippen LogP contribution is 2.26. The van der Waals surface area contributed by atoms with Gasteiger partial charge in [-0.2, -0.15) is 0 Å². The molecular weight excluding hydrogens is 274 g/mol. The van der Waals surface area contributed by atoms with Gasteiger partial charge in [0.15, 0.2) is 5.78 Å². The molecule has 0 aliphatic heterocycles. The Labute approximate surface area is 125 Å². The summed E-state index contributed by atoms with van der Waals surface area (Å²) in [6.45, 7) is 3.51. The summed E-state index contributed by atoms with van der Waals surface area (Å²) >= 11 is 6.08. The van der Waals surface area contributed by atoms with E-state index in [0.717, 1.165) is 6.54 Å². The van der Waals surface area contributed by atoms with Crippen LogP contribution >= 0.6 is 11.6 Å². The van der Waals surface area contributed by atoms with E-state index in [2.05, 4.69) is 11.8 Å². The van der Waals surface area contributed by atoms with Crippen molar-refractivity contribution in [1.82, 2.24) is 4.90 Å². The topological polar surface area (TPSA) is 29.5 Å². The highest BCUT2D eigenvalue weighted by Gasteiger charge is 2.23. The van der Waals surface area contributed by atoms with Crippen molar-refractivity contribution in [1.29, 1.82) is 0 Å². The summed E-state index contributed by atoms with van der Waals surface area (Å²) in [5.41, 5.74) is 0.659. The number of likely N-dealkylation sites (N-methyl/N-ethyl adjacent to an activating group) is 1. The summed E-state index contributed by atoms with van der Waals surface area (Å²) in [4.78, 5) is 14.7. The predicted molar refractivity (Wildman–Crippen MR) is 81.8 cm³/mol. The molecular formula is C16H22ClNO2. The fourth-order valence-corrected chi connectivity index (χ4v) is 3.14. The highest BCUT2D eigenvalue weighted by molar-refractivity contribution is 6.32. The number of halogens is 1. The lowest BCUT2D eigenvalue weighted by atomic mass is 10.1. The molecule has 0 N–H and O–H groups in total. The van der Waals surface area contributed by atoms with Crippen LogP contribution in [0.1, 0.15) is 43.0 Å². The third-order valence-electron chi connectivity index (χ3n) is 4.07. The van der Waals surface area contributed by atoms with E-state index >= 15 is 0 Å². The van der Waals surface area contributed by atoms with Gasteiger partial charge >= 0.3 is 0 Å². The second-order valence-electron chi connectivity index (χ2n) is 5.27. The van der Waals surface area contributed by atoms with Crippen molar-refractivity contribution in [3.8, 4) is 5.75 Å². The number of carbonyl (C=O) groups excluding carboxylic acids is 1. The quantitative estimate of drug-likeness (QED) is 0.748. The molecule has 0 heterocycles. The van der Waals surface area contributed by atoms with Gasteiger partial charge in [0.25, 0.3) is 0 Å². The molecule has 0 spiro atoms. The lowest BCUT2D eigenvalue weighted by Gasteiger charge is -2.26. The van der Waals surface area contributed by atoms with E-state index in [4.69, 9.17) is 16.3 Å². The highest BCUT2D eigenvalue weighted by atomic mass is 35.5. The van der Waals surface area contributed by atoms with Crippen molar-refractivity contribution < 1.29 is 9.53 Å². The molecule has 2 rings (SSSR count). The smallest absolute Gasteiger partial charge is 0.176 e. The fourth-order valence-electron chi connectivity index (χ4n) is 2.88. The maximum Gasteiger partial charge on any atom is 0.176 e. The first-order chi connectivity index (χ1) is 9.65. The molecule has 0 atom stereocenters. The molecule has 1 aromatic rings. The Morgan fingerprint density at radius 3 is 2.65 bits per heavy atom. The van der Waals surface area contributed by atoms with Crippen LogP contribution in [-0.2, 0) is 0 Å². The number of carbonyl (C=O) groups is 1. The summed E-state index contributed by atoms with van der Waals surface area (Å²) in [5, 5.41) is 0.488. The van der Waals surface area contributed by atoms with Crippen molar-refractivity contribution in [2.24, 2.45) is 0 Å². The van der Waals surface area contributed by atoms with Crippen LogP contribution in [0.2, 0.25) is 5.02 Å². The molecule has 1 aliphatic carbocycles. The van der Waals surface area contributed by atoms with Gasteiger partial charge in [-0.25, -0.2) is 0 Å². The van der Waals surface area contributed by atoms with Crippen LogP contribution in [0, 0.1) is 0 Å². The van der Waals surface area contributed by atoms with E-state index < -0.39 is 0 Å². The molecule has 1 aromatic carbocycles. The molecule has 0 saturated heterocycles. The first kappa shape index (κ1) is 15.3. The second-order valence-corrected chi connectivity index (χ2v) is 5.68. The third kappa shape index (κ3) is 3.53. The van der Waals surface area contributed by atoms with Crippen molar-refractivity contribution in [2.45, 2.75) is 38.6 Å². The molecule has 0 amide bonds. The normalized spacial score (nSPS) is 15.8. The van der Waals surface area contributed by atoms with Crippen LogP contribution in [0.5, 0.6) is 5.75 Å². The molecule has 0 unspecified atom stereocenters. The number of ketones is 1. The van der Waals surface area contributed by atoms with Gasteiger partial charge < -0.3 is 4.74 Å². The molecule has 0 aromatic heterocycles. The van der Waals surface area contributed by atoms with Crippen LogP contribution < -0.4 is 4.74 Å². The van der Waals surface area contributed by atoms with E-state index in [1.54, 1.807) is 25.3 Å². The number of benzene rings is 1. The Morgan fingerprint density at radius 1 is 1.40 bits per heavy atom. The SMILES string of the molecule is CCN(CC(=O)c1ccc(OC)c(Cl)c1)C1CCCC1. The predicted octanol–water partition coefficient (Wildman–Crippen LogP) is 3.80. The van der Waals surface area contributed by atoms with Gasteiger partial charge in [0.05, 0.1) is 18.7 Å². The summed E-state index contributed by atoms with van der Waals surface area (Å²) in [6, 6.07) is 5.81. The number of rotatable bonds is 6. The zero-order chi connectivity index (χ0) is 14.5. The number of ether oxygens (including phenoxy) is 1. The summed E-state index contributed by atoms with van der Waals surface area (Å²) < 4.78 is 5.11. The maximum absolute atomic E-state index is 12.4. The van der Waals surface area contributed by atoms with E-state index in [1.165, 1.54) is 25.7 Å². The molecule has 1 aliphatic rings. The van der Waals surface area contributed by atoms with E-state index in [0.29, 0.717) is 28.9 Å². The summed E-state index contributed by atoms with van der Waals surface area (Å²) in [7, 11) is 1.57. The first-order valence-corrected chi connectivity index (χ1v) is 7.64. The number of hydrogen-bond acceptors (Lipinski definition) is 3. The maximum atomic E-state index is 12.4. The Kier molecular flexibility index (Phi) is 5.44. The van der Waals surface area contributed by atoms with Gasteiger partial charge in [-0.15, -0.1) is 0 Å². The average molecular weight is 296 g/mol. The van der Waals surface area contributed by atoms with E-state index in [1.807, 2.05) is 0 Å². The van der Waals surface area contributed by atoms with Gasteiger partial charge in [-0.05, 0) is 37.6 Å². The molecule has 1 saturated carbocycles. The summed E-state index contributed by atoms with van der Waals surface area (Å²) in [5.74, 6) is 0.731. The Morgan fingerprint density at radius 2 is 2.10 bits per heavy atom. The monoisotopic (exact) mass is 295 g/mol. The Balaban J connectivity index is 2.04. The van der Waals surface area contributed by atoms with Crippen LogP contribution in [0.25, 0.3) is 0 Å². The molecule has 0 radical (unpaired) electrons. The van der Waals surface area contributed by atoms with E-state index in [-0.39, 0.29) is 5.78 Å².